The van der Waals surface area contributed by atoms with Crippen molar-refractivity contribution in [3.8, 4) is 17.1 Å². The molecule has 0 bridgehead atoms. The number of hydrogen-bond acceptors (Lipinski definition) is 5. The Bertz CT molecular complexity index is 689. The Labute approximate surface area is 103 Å². The van der Waals surface area contributed by atoms with Crippen LogP contribution in [-0.2, 0) is 0 Å². The molecule has 0 amide bonds. The number of rotatable bonds is 2. The van der Waals surface area contributed by atoms with Gasteiger partial charge in [0, 0.05) is 11.6 Å². The lowest BCUT2D eigenvalue weighted by atomic mass is 10.1. The molecule has 2 aromatic heterocycles. The average Bonchev–Trinajstić information content (AvgIpc) is 2.84. The van der Waals surface area contributed by atoms with Crippen molar-refractivity contribution >= 4 is 16.9 Å². The Hall–Kier alpha value is -2.56. The summed E-state index contributed by atoms with van der Waals surface area (Å²) in [6, 6.07) is 10.5. The van der Waals surface area contributed by atoms with Crippen LogP contribution in [0, 0.1) is 6.07 Å². The fraction of sp³-hybridized carbons (Fsp3) is 0.0769. The predicted octanol–water partition coefficient (Wildman–Crippen LogP) is 2.28. The second kappa shape index (κ2) is 4.03. The second-order valence-corrected chi connectivity index (χ2v) is 3.72. The summed E-state index contributed by atoms with van der Waals surface area (Å²) in [4.78, 5) is 7.91. The van der Waals surface area contributed by atoms with Crippen LogP contribution in [0.3, 0.4) is 0 Å². The number of ether oxygens (including phenoxy) is 1. The highest BCUT2D eigenvalue weighted by molar-refractivity contribution is 5.87. The first-order valence-electron chi connectivity index (χ1n) is 5.34. The molecule has 0 spiro atoms. The molecule has 1 radical (unpaired) electrons. The Balaban J connectivity index is 2.10. The van der Waals surface area contributed by atoms with Gasteiger partial charge in [-0.15, -0.1) is 0 Å². The quantitative estimate of drug-likeness (QED) is 0.743. The Morgan fingerprint density at radius 1 is 1.22 bits per heavy atom. The van der Waals surface area contributed by atoms with Crippen molar-refractivity contribution in [3.63, 3.8) is 0 Å². The molecule has 0 saturated heterocycles. The molecular formula is C13H10N3O2. The summed E-state index contributed by atoms with van der Waals surface area (Å²) in [5, 5.41) is 0.600. The van der Waals surface area contributed by atoms with Crippen LogP contribution in [0.25, 0.3) is 22.4 Å². The van der Waals surface area contributed by atoms with Gasteiger partial charge < -0.3 is 14.9 Å². The largest absolute Gasteiger partial charge is 0.497 e. The van der Waals surface area contributed by atoms with Crippen LogP contribution in [-0.4, -0.2) is 17.1 Å². The molecule has 0 fully saturated rings. The van der Waals surface area contributed by atoms with Gasteiger partial charge in [0.25, 0.3) is 0 Å². The van der Waals surface area contributed by atoms with Crippen molar-refractivity contribution < 1.29 is 9.15 Å². The van der Waals surface area contributed by atoms with E-state index >= 15 is 0 Å². The minimum Gasteiger partial charge on any atom is -0.497 e. The molecule has 3 rings (SSSR count). The normalized spacial score (nSPS) is 10.7. The number of fused-ring (bicyclic) bond motifs is 1. The average molecular weight is 240 g/mol. The number of benzene rings is 1. The SMILES string of the molecule is COc1ccc(-c2[c]c3c(N)ncnc3o2)cc1. The van der Waals surface area contributed by atoms with Crippen molar-refractivity contribution in [2.75, 3.05) is 12.8 Å². The molecule has 18 heavy (non-hydrogen) atoms. The first-order chi connectivity index (χ1) is 8.78. The standard InChI is InChI=1S/C13H10N3O2/c1-17-9-4-2-8(3-5-9)11-6-10-12(14)15-7-16-13(10)18-11/h2-5,7H,1H3,(H2,14,15,16). The zero-order chi connectivity index (χ0) is 12.5. The summed E-state index contributed by atoms with van der Waals surface area (Å²) in [5.74, 6) is 1.73. The van der Waals surface area contributed by atoms with Crippen LogP contribution in [0.15, 0.2) is 35.0 Å². The highest BCUT2D eigenvalue weighted by atomic mass is 16.5. The third-order valence-electron chi connectivity index (χ3n) is 2.63. The maximum atomic E-state index is 5.73. The predicted molar refractivity (Wildman–Crippen MR) is 67.0 cm³/mol. The lowest BCUT2D eigenvalue weighted by molar-refractivity contribution is 0.415. The van der Waals surface area contributed by atoms with Crippen LogP contribution >= 0.6 is 0 Å². The van der Waals surface area contributed by atoms with Crippen LogP contribution < -0.4 is 10.5 Å². The van der Waals surface area contributed by atoms with Crippen molar-refractivity contribution in [2.24, 2.45) is 0 Å². The summed E-state index contributed by atoms with van der Waals surface area (Å²) in [6.07, 6.45) is 1.37. The van der Waals surface area contributed by atoms with Gasteiger partial charge in [-0.2, -0.15) is 0 Å². The molecule has 5 nitrogen and oxygen atoms in total. The van der Waals surface area contributed by atoms with E-state index < -0.39 is 0 Å². The van der Waals surface area contributed by atoms with Gasteiger partial charge in [0.05, 0.1) is 12.5 Å². The highest BCUT2D eigenvalue weighted by Crippen LogP contribution is 2.28. The zero-order valence-electron chi connectivity index (χ0n) is 9.68. The summed E-state index contributed by atoms with van der Waals surface area (Å²) in [7, 11) is 1.62. The van der Waals surface area contributed by atoms with Gasteiger partial charge in [0.2, 0.25) is 5.71 Å². The van der Waals surface area contributed by atoms with Crippen LogP contribution in [0.1, 0.15) is 0 Å². The van der Waals surface area contributed by atoms with Crippen molar-refractivity contribution in [3.05, 3.63) is 36.7 Å². The lowest BCUT2D eigenvalue weighted by Crippen LogP contribution is -1.90. The van der Waals surface area contributed by atoms with Gasteiger partial charge >= 0.3 is 0 Å². The number of nitrogens with two attached hydrogens (primary N) is 1. The van der Waals surface area contributed by atoms with Gasteiger partial charge in [-0.05, 0) is 24.3 Å². The summed E-state index contributed by atoms with van der Waals surface area (Å²) < 4.78 is 10.7. The monoisotopic (exact) mass is 240 g/mol. The molecule has 0 aliphatic rings. The zero-order valence-corrected chi connectivity index (χ0v) is 9.68. The molecule has 1 aromatic carbocycles. The number of nitrogen functional groups attached to an aromatic ring is 1. The topological polar surface area (TPSA) is 74.2 Å². The fourth-order valence-electron chi connectivity index (χ4n) is 1.69. The maximum Gasteiger partial charge on any atom is 0.232 e. The van der Waals surface area contributed by atoms with E-state index in [9.17, 15) is 0 Å². The van der Waals surface area contributed by atoms with Crippen molar-refractivity contribution in [1.29, 1.82) is 0 Å². The van der Waals surface area contributed by atoms with E-state index in [1.54, 1.807) is 7.11 Å². The molecule has 0 atom stereocenters. The van der Waals surface area contributed by atoms with E-state index in [2.05, 4.69) is 16.0 Å². The van der Waals surface area contributed by atoms with Gasteiger partial charge in [0.1, 0.15) is 23.7 Å². The molecule has 0 aliphatic carbocycles. The van der Waals surface area contributed by atoms with Gasteiger partial charge in [0.15, 0.2) is 0 Å². The van der Waals surface area contributed by atoms with E-state index in [1.807, 2.05) is 24.3 Å². The Kier molecular flexibility index (Phi) is 2.37. The van der Waals surface area contributed by atoms with Crippen LogP contribution in [0.2, 0.25) is 0 Å². The van der Waals surface area contributed by atoms with Crippen LogP contribution in [0.4, 0.5) is 5.82 Å². The Morgan fingerprint density at radius 2 is 2.00 bits per heavy atom. The first-order valence-corrected chi connectivity index (χ1v) is 5.34. The maximum absolute atomic E-state index is 5.73. The molecular weight excluding hydrogens is 230 g/mol. The number of anilines is 1. The van der Waals surface area contributed by atoms with E-state index in [0.717, 1.165) is 11.3 Å². The molecule has 89 valence electrons. The fourth-order valence-corrected chi connectivity index (χ4v) is 1.69. The third-order valence-corrected chi connectivity index (χ3v) is 2.63. The number of methoxy groups -OCH3 is 1. The van der Waals surface area contributed by atoms with Crippen molar-refractivity contribution in [2.45, 2.75) is 0 Å². The molecule has 2 heterocycles. The molecule has 0 aliphatic heterocycles. The van der Waals surface area contributed by atoms with Crippen LogP contribution in [0.5, 0.6) is 5.75 Å². The molecule has 0 saturated carbocycles. The minimum atomic E-state index is 0.364. The minimum absolute atomic E-state index is 0.364. The first kappa shape index (κ1) is 10.6. The molecule has 0 unspecified atom stereocenters. The number of aromatic nitrogens is 2. The molecule has 2 N–H and O–H groups in total. The van der Waals surface area contributed by atoms with E-state index in [4.69, 9.17) is 14.9 Å². The number of furan rings is 1. The summed E-state index contributed by atoms with van der Waals surface area (Å²) in [5.41, 5.74) is 7.05. The number of hydrogen-bond donors (Lipinski definition) is 1. The second-order valence-electron chi connectivity index (χ2n) is 3.72. The smallest absolute Gasteiger partial charge is 0.232 e. The Morgan fingerprint density at radius 3 is 2.67 bits per heavy atom. The van der Waals surface area contributed by atoms with E-state index in [-0.39, 0.29) is 0 Å². The molecule has 5 heteroatoms. The van der Waals surface area contributed by atoms with Gasteiger partial charge in [-0.25, -0.2) is 9.97 Å². The lowest BCUT2D eigenvalue weighted by Gasteiger charge is -1.99. The third kappa shape index (κ3) is 1.66. The van der Waals surface area contributed by atoms with E-state index in [1.165, 1.54) is 6.33 Å². The summed E-state index contributed by atoms with van der Waals surface area (Å²) in [6.45, 7) is 0. The van der Waals surface area contributed by atoms with E-state index in [0.29, 0.717) is 22.7 Å². The number of nitrogens with zero attached hydrogens (tertiary/aromatic N) is 2. The summed E-state index contributed by atoms with van der Waals surface area (Å²) >= 11 is 0. The van der Waals surface area contributed by atoms with Gasteiger partial charge in [-0.3, -0.25) is 0 Å². The molecule has 3 aromatic rings. The highest BCUT2D eigenvalue weighted by Gasteiger charge is 2.10. The van der Waals surface area contributed by atoms with Crippen molar-refractivity contribution in [1.82, 2.24) is 9.97 Å². The van der Waals surface area contributed by atoms with Gasteiger partial charge in [-0.1, -0.05) is 0 Å².